The second-order valence-electron chi connectivity index (χ2n) is 3.88. The maximum absolute atomic E-state index is 12.1. The third-order valence-electron chi connectivity index (χ3n) is 2.36. The Morgan fingerprint density at radius 1 is 1.26 bits per heavy atom. The molecule has 9 heteroatoms. The SMILES string of the molecule is CCCN(CC(=O)O)S(=O)(=O)N(C)CCC(=O)OC. The third-order valence-corrected chi connectivity index (χ3v) is 4.30. The molecular weight excluding hydrogens is 276 g/mol. The van der Waals surface area contributed by atoms with Gasteiger partial charge in [0, 0.05) is 20.1 Å². The van der Waals surface area contributed by atoms with Crippen molar-refractivity contribution in [3.8, 4) is 0 Å². The van der Waals surface area contributed by atoms with E-state index >= 15 is 0 Å². The lowest BCUT2D eigenvalue weighted by Crippen LogP contribution is -2.45. The zero-order chi connectivity index (χ0) is 15.1. The van der Waals surface area contributed by atoms with Gasteiger partial charge in [0.25, 0.3) is 10.2 Å². The highest BCUT2D eigenvalue weighted by Gasteiger charge is 2.28. The number of rotatable bonds is 9. The van der Waals surface area contributed by atoms with E-state index in [1.54, 1.807) is 6.92 Å². The molecule has 0 amide bonds. The first-order chi connectivity index (χ1) is 8.75. The average molecular weight is 296 g/mol. The minimum absolute atomic E-state index is 0.0607. The van der Waals surface area contributed by atoms with Gasteiger partial charge in [0.15, 0.2) is 0 Å². The van der Waals surface area contributed by atoms with E-state index in [0.29, 0.717) is 6.42 Å². The summed E-state index contributed by atoms with van der Waals surface area (Å²) >= 11 is 0. The van der Waals surface area contributed by atoms with E-state index in [1.165, 1.54) is 14.2 Å². The van der Waals surface area contributed by atoms with Crippen LogP contribution in [0.3, 0.4) is 0 Å². The molecule has 0 aliphatic heterocycles. The standard InChI is InChI=1S/C10H20N2O6S/c1-4-6-12(8-9(13)14)19(16,17)11(2)7-5-10(15)18-3/h4-8H2,1-3H3,(H,13,14). The molecule has 0 aliphatic carbocycles. The molecule has 1 N–H and O–H groups in total. The molecule has 0 aromatic heterocycles. The predicted octanol–water partition coefficient (Wildman–Crippen LogP) is -0.477. The molecule has 0 aromatic rings. The van der Waals surface area contributed by atoms with Crippen molar-refractivity contribution in [3.05, 3.63) is 0 Å². The Morgan fingerprint density at radius 2 is 1.84 bits per heavy atom. The highest BCUT2D eigenvalue weighted by molar-refractivity contribution is 7.86. The Labute approximate surface area is 113 Å². The summed E-state index contributed by atoms with van der Waals surface area (Å²) in [6, 6.07) is 0. The number of hydrogen-bond donors (Lipinski definition) is 1. The fourth-order valence-corrected chi connectivity index (χ4v) is 2.74. The number of methoxy groups -OCH3 is 1. The summed E-state index contributed by atoms with van der Waals surface area (Å²) in [6.07, 6.45) is 0.413. The fourth-order valence-electron chi connectivity index (χ4n) is 1.34. The van der Waals surface area contributed by atoms with Crippen LogP contribution < -0.4 is 0 Å². The third kappa shape index (κ3) is 5.99. The van der Waals surface area contributed by atoms with E-state index in [2.05, 4.69) is 4.74 Å². The minimum Gasteiger partial charge on any atom is -0.480 e. The monoisotopic (exact) mass is 296 g/mol. The summed E-state index contributed by atoms with van der Waals surface area (Å²) in [5.41, 5.74) is 0. The maximum Gasteiger partial charge on any atom is 0.318 e. The average Bonchev–Trinajstić information content (AvgIpc) is 2.34. The van der Waals surface area contributed by atoms with Crippen LogP contribution in [-0.4, -0.2) is 67.9 Å². The van der Waals surface area contributed by atoms with Gasteiger partial charge in [0.2, 0.25) is 0 Å². The minimum atomic E-state index is -3.88. The number of ether oxygens (including phenoxy) is 1. The highest BCUT2D eigenvalue weighted by atomic mass is 32.2. The van der Waals surface area contributed by atoms with Crippen molar-refractivity contribution in [2.45, 2.75) is 19.8 Å². The molecule has 0 heterocycles. The van der Waals surface area contributed by atoms with Gasteiger partial charge in [-0.25, -0.2) is 0 Å². The number of aliphatic carboxylic acids is 1. The number of carboxylic acid groups (broad SMARTS) is 1. The molecule has 19 heavy (non-hydrogen) atoms. The van der Waals surface area contributed by atoms with Crippen LogP contribution in [0, 0.1) is 0 Å². The molecule has 0 spiro atoms. The first kappa shape index (κ1) is 17.8. The van der Waals surface area contributed by atoms with E-state index in [-0.39, 0.29) is 19.5 Å². The number of nitrogens with zero attached hydrogens (tertiary/aromatic N) is 2. The normalized spacial score (nSPS) is 11.8. The summed E-state index contributed by atoms with van der Waals surface area (Å²) < 4.78 is 30.4. The lowest BCUT2D eigenvalue weighted by atomic mass is 10.4. The summed E-state index contributed by atoms with van der Waals surface area (Å²) in [6.45, 7) is 1.20. The van der Waals surface area contributed by atoms with Gasteiger partial charge in [-0.3, -0.25) is 9.59 Å². The largest absolute Gasteiger partial charge is 0.480 e. The fraction of sp³-hybridized carbons (Fsp3) is 0.800. The van der Waals surface area contributed by atoms with Crippen molar-refractivity contribution in [1.82, 2.24) is 8.61 Å². The van der Waals surface area contributed by atoms with Gasteiger partial charge in [-0.05, 0) is 6.42 Å². The quantitative estimate of drug-likeness (QED) is 0.576. The van der Waals surface area contributed by atoms with Crippen LogP contribution in [0.25, 0.3) is 0 Å². The molecule has 0 unspecified atom stereocenters. The topological polar surface area (TPSA) is 104 Å². The molecule has 0 aromatic carbocycles. The van der Waals surface area contributed by atoms with Crippen LogP contribution in [0.1, 0.15) is 19.8 Å². The van der Waals surface area contributed by atoms with E-state index in [0.717, 1.165) is 8.61 Å². The second kappa shape index (κ2) is 8.08. The van der Waals surface area contributed by atoms with E-state index in [1.807, 2.05) is 0 Å². The molecule has 0 bridgehead atoms. The summed E-state index contributed by atoms with van der Waals surface area (Å²) in [5.74, 6) is -1.75. The van der Waals surface area contributed by atoms with Crippen LogP contribution in [0.5, 0.6) is 0 Å². The molecule has 0 fully saturated rings. The van der Waals surface area contributed by atoms with E-state index < -0.39 is 28.7 Å². The molecule has 0 aliphatic rings. The molecule has 112 valence electrons. The number of carboxylic acids is 1. The van der Waals surface area contributed by atoms with Crippen molar-refractivity contribution >= 4 is 22.1 Å². The molecule has 0 atom stereocenters. The molecule has 0 radical (unpaired) electrons. The zero-order valence-electron chi connectivity index (χ0n) is 11.3. The lowest BCUT2D eigenvalue weighted by molar-refractivity contribution is -0.141. The molecule has 8 nitrogen and oxygen atoms in total. The summed E-state index contributed by atoms with van der Waals surface area (Å²) in [4.78, 5) is 21.6. The van der Waals surface area contributed by atoms with Gasteiger partial charge < -0.3 is 9.84 Å². The Bertz CT molecular complexity index is 408. The van der Waals surface area contributed by atoms with Gasteiger partial charge in [-0.1, -0.05) is 6.92 Å². The smallest absolute Gasteiger partial charge is 0.318 e. The van der Waals surface area contributed by atoms with Gasteiger partial charge >= 0.3 is 11.9 Å². The van der Waals surface area contributed by atoms with Crippen LogP contribution in [0.2, 0.25) is 0 Å². The van der Waals surface area contributed by atoms with Gasteiger partial charge in [-0.2, -0.15) is 17.0 Å². The molecule has 0 rings (SSSR count). The van der Waals surface area contributed by atoms with Crippen LogP contribution in [0.4, 0.5) is 0 Å². The first-order valence-corrected chi connectivity index (χ1v) is 7.15. The summed E-state index contributed by atoms with van der Waals surface area (Å²) in [5, 5.41) is 8.71. The van der Waals surface area contributed by atoms with Crippen molar-refractivity contribution in [2.75, 3.05) is 33.8 Å². The van der Waals surface area contributed by atoms with Crippen LogP contribution in [-0.2, 0) is 24.5 Å². The Balaban J connectivity index is 4.77. The summed E-state index contributed by atoms with van der Waals surface area (Å²) in [7, 11) is -1.38. The highest BCUT2D eigenvalue weighted by Crippen LogP contribution is 2.08. The molecular formula is C10H20N2O6S. The van der Waals surface area contributed by atoms with Gasteiger partial charge in [0.05, 0.1) is 13.5 Å². The van der Waals surface area contributed by atoms with E-state index in [4.69, 9.17) is 5.11 Å². The van der Waals surface area contributed by atoms with E-state index in [9.17, 15) is 18.0 Å². The lowest BCUT2D eigenvalue weighted by Gasteiger charge is -2.25. The van der Waals surface area contributed by atoms with Crippen molar-refractivity contribution in [1.29, 1.82) is 0 Å². The number of carbonyl (C=O) groups is 2. The Morgan fingerprint density at radius 3 is 2.26 bits per heavy atom. The second-order valence-corrected chi connectivity index (χ2v) is 5.92. The van der Waals surface area contributed by atoms with Crippen molar-refractivity contribution in [3.63, 3.8) is 0 Å². The van der Waals surface area contributed by atoms with Crippen LogP contribution in [0.15, 0.2) is 0 Å². The predicted molar refractivity (Wildman–Crippen MR) is 67.7 cm³/mol. The number of carbonyl (C=O) groups excluding carboxylic acids is 1. The number of hydrogen-bond acceptors (Lipinski definition) is 5. The van der Waals surface area contributed by atoms with Gasteiger partial charge in [0.1, 0.15) is 6.54 Å². The number of esters is 1. The molecule has 0 saturated heterocycles. The molecule has 0 saturated carbocycles. The van der Waals surface area contributed by atoms with Crippen LogP contribution >= 0.6 is 0 Å². The van der Waals surface area contributed by atoms with Crippen molar-refractivity contribution < 1.29 is 27.9 Å². The Kier molecular flexibility index (Phi) is 7.57. The maximum atomic E-state index is 12.1. The van der Waals surface area contributed by atoms with Gasteiger partial charge in [-0.15, -0.1) is 0 Å². The Hall–Kier alpha value is -1.19. The zero-order valence-corrected chi connectivity index (χ0v) is 12.1. The first-order valence-electron chi connectivity index (χ1n) is 5.75. The van der Waals surface area contributed by atoms with Crippen molar-refractivity contribution in [2.24, 2.45) is 0 Å².